The molecule has 2 heteroatoms. The van der Waals surface area contributed by atoms with Gasteiger partial charge < -0.3 is 10.6 Å². The van der Waals surface area contributed by atoms with Gasteiger partial charge in [0.2, 0.25) is 0 Å². The summed E-state index contributed by atoms with van der Waals surface area (Å²) in [6.45, 7) is 2.92. The van der Waals surface area contributed by atoms with Crippen LogP contribution in [-0.4, -0.2) is 31.6 Å². The van der Waals surface area contributed by atoms with Gasteiger partial charge >= 0.3 is 0 Å². The van der Waals surface area contributed by atoms with Gasteiger partial charge in [0, 0.05) is 12.6 Å². The van der Waals surface area contributed by atoms with Crippen LogP contribution in [0.15, 0.2) is 0 Å². The fraction of sp³-hybridized carbons (Fsp3) is 1.00. The van der Waals surface area contributed by atoms with Gasteiger partial charge in [-0.25, -0.2) is 0 Å². The van der Waals surface area contributed by atoms with Crippen molar-refractivity contribution in [2.24, 2.45) is 5.73 Å². The van der Waals surface area contributed by atoms with E-state index in [1.54, 1.807) is 0 Å². The van der Waals surface area contributed by atoms with E-state index in [9.17, 15) is 0 Å². The molecule has 0 radical (unpaired) electrons. The Morgan fingerprint density at radius 1 is 1.50 bits per heavy atom. The Labute approximate surface area is 51.7 Å². The van der Waals surface area contributed by atoms with Crippen molar-refractivity contribution < 1.29 is 0 Å². The van der Waals surface area contributed by atoms with E-state index in [2.05, 4.69) is 25.9 Å². The monoisotopic (exact) mass is 116 g/mol. The molecule has 0 aromatic heterocycles. The first-order chi connectivity index (χ1) is 3.72. The summed E-state index contributed by atoms with van der Waals surface area (Å²) in [5, 5.41) is 0. The maximum Gasteiger partial charge on any atom is 0.0209 e. The molecule has 0 rings (SSSR count). The summed E-state index contributed by atoms with van der Waals surface area (Å²) in [4.78, 5) is 2.15. The summed E-state index contributed by atoms with van der Waals surface area (Å²) < 4.78 is 0. The van der Waals surface area contributed by atoms with Gasteiger partial charge in [-0.1, -0.05) is 6.92 Å². The van der Waals surface area contributed by atoms with E-state index >= 15 is 0 Å². The molecule has 0 aliphatic carbocycles. The lowest BCUT2D eigenvalue weighted by Crippen LogP contribution is -2.34. The van der Waals surface area contributed by atoms with Crippen molar-refractivity contribution in [1.82, 2.24) is 4.90 Å². The molecule has 0 saturated heterocycles. The van der Waals surface area contributed by atoms with E-state index in [0.717, 1.165) is 13.0 Å². The fourth-order valence-corrected chi connectivity index (χ4v) is 0.743. The van der Waals surface area contributed by atoms with Gasteiger partial charge in [-0.05, 0) is 20.5 Å². The summed E-state index contributed by atoms with van der Waals surface area (Å²) in [7, 11) is 4.11. The molecule has 0 aliphatic rings. The van der Waals surface area contributed by atoms with Crippen molar-refractivity contribution >= 4 is 0 Å². The highest BCUT2D eigenvalue weighted by molar-refractivity contribution is 4.62. The van der Waals surface area contributed by atoms with Gasteiger partial charge in [-0.3, -0.25) is 0 Å². The van der Waals surface area contributed by atoms with Crippen LogP contribution in [0.2, 0.25) is 0 Å². The second-order valence-corrected chi connectivity index (χ2v) is 2.26. The van der Waals surface area contributed by atoms with E-state index in [0.29, 0.717) is 6.04 Å². The number of nitrogens with zero attached hydrogens (tertiary/aromatic N) is 1. The molecule has 8 heavy (non-hydrogen) atoms. The smallest absolute Gasteiger partial charge is 0.0209 e. The zero-order valence-corrected chi connectivity index (χ0v) is 6.02. The fourth-order valence-electron chi connectivity index (χ4n) is 0.743. The Hall–Kier alpha value is -0.0800. The lowest BCUT2D eigenvalue weighted by atomic mass is 10.2. The van der Waals surface area contributed by atoms with Crippen LogP contribution >= 0.6 is 0 Å². The molecule has 0 saturated carbocycles. The van der Waals surface area contributed by atoms with Crippen molar-refractivity contribution in [2.45, 2.75) is 19.4 Å². The van der Waals surface area contributed by atoms with Gasteiger partial charge in [0.1, 0.15) is 0 Å². The number of likely N-dealkylation sites (N-methyl/N-ethyl adjacent to an activating group) is 1. The average molecular weight is 116 g/mol. The molecule has 0 fully saturated rings. The number of rotatable bonds is 3. The van der Waals surface area contributed by atoms with E-state index in [4.69, 9.17) is 5.73 Å². The molecule has 0 aromatic carbocycles. The summed E-state index contributed by atoms with van der Waals surface area (Å²) >= 11 is 0. The zero-order valence-electron chi connectivity index (χ0n) is 6.02. The molecule has 0 amide bonds. The molecule has 0 aromatic rings. The van der Waals surface area contributed by atoms with Crippen LogP contribution in [0, 0.1) is 0 Å². The molecule has 2 N–H and O–H groups in total. The summed E-state index contributed by atoms with van der Waals surface area (Å²) in [5.74, 6) is 0. The first kappa shape index (κ1) is 7.92. The lowest BCUT2D eigenvalue weighted by Gasteiger charge is -2.20. The molecule has 2 nitrogen and oxygen atoms in total. The standard InChI is InChI=1S/C6H16N2/c1-4-6(5-7)8(2)3/h6H,4-5,7H2,1-3H3. The topological polar surface area (TPSA) is 29.3 Å². The normalized spacial score (nSPS) is 14.6. The van der Waals surface area contributed by atoms with Crippen molar-refractivity contribution in [3.05, 3.63) is 0 Å². The predicted octanol–water partition coefficient (Wildman–Crippen LogP) is 0.285. The number of nitrogens with two attached hydrogens (primary N) is 1. The van der Waals surface area contributed by atoms with E-state index in [1.807, 2.05) is 0 Å². The Kier molecular flexibility index (Phi) is 3.83. The third-order valence-electron chi connectivity index (χ3n) is 1.47. The molecule has 1 unspecified atom stereocenters. The highest BCUT2D eigenvalue weighted by atomic mass is 15.1. The molecule has 0 bridgehead atoms. The maximum atomic E-state index is 5.44. The van der Waals surface area contributed by atoms with Crippen molar-refractivity contribution in [1.29, 1.82) is 0 Å². The Bertz CT molecular complexity index is 48.5. The third kappa shape index (κ3) is 2.28. The minimum absolute atomic E-state index is 0.565. The average Bonchev–Trinajstić information content (AvgIpc) is 1.69. The van der Waals surface area contributed by atoms with Gasteiger partial charge in [0.15, 0.2) is 0 Å². The molecule has 1 atom stereocenters. The van der Waals surface area contributed by atoms with Crippen LogP contribution in [-0.2, 0) is 0 Å². The van der Waals surface area contributed by atoms with Crippen LogP contribution in [0.4, 0.5) is 0 Å². The highest BCUT2D eigenvalue weighted by Gasteiger charge is 2.03. The summed E-state index contributed by atoms with van der Waals surface area (Å²) in [6, 6.07) is 0.565. The van der Waals surface area contributed by atoms with Crippen LogP contribution < -0.4 is 5.73 Å². The van der Waals surface area contributed by atoms with Crippen molar-refractivity contribution in [3.63, 3.8) is 0 Å². The Balaban J connectivity index is 3.35. The van der Waals surface area contributed by atoms with Crippen molar-refractivity contribution in [2.75, 3.05) is 20.6 Å². The second-order valence-electron chi connectivity index (χ2n) is 2.26. The first-order valence-corrected chi connectivity index (χ1v) is 3.08. The predicted molar refractivity (Wildman–Crippen MR) is 36.8 cm³/mol. The number of hydrogen-bond donors (Lipinski definition) is 1. The van der Waals surface area contributed by atoms with Gasteiger partial charge in [-0.15, -0.1) is 0 Å². The summed E-state index contributed by atoms with van der Waals surface area (Å²) in [5.41, 5.74) is 5.44. The van der Waals surface area contributed by atoms with Crippen LogP contribution in [0.25, 0.3) is 0 Å². The molecule has 0 spiro atoms. The third-order valence-corrected chi connectivity index (χ3v) is 1.47. The Morgan fingerprint density at radius 3 is 2.00 bits per heavy atom. The van der Waals surface area contributed by atoms with E-state index < -0.39 is 0 Å². The van der Waals surface area contributed by atoms with Gasteiger partial charge in [-0.2, -0.15) is 0 Å². The highest BCUT2D eigenvalue weighted by Crippen LogP contribution is 1.93. The largest absolute Gasteiger partial charge is 0.329 e. The SMILES string of the molecule is CCC(CN)N(C)C. The first-order valence-electron chi connectivity index (χ1n) is 3.08. The minimum atomic E-state index is 0.565. The molecular weight excluding hydrogens is 100 g/mol. The van der Waals surface area contributed by atoms with Crippen LogP contribution in [0.5, 0.6) is 0 Å². The zero-order chi connectivity index (χ0) is 6.57. The second kappa shape index (κ2) is 3.87. The molecule has 0 aliphatic heterocycles. The Morgan fingerprint density at radius 2 is 2.00 bits per heavy atom. The minimum Gasteiger partial charge on any atom is -0.329 e. The van der Waals surface area contributed by atoms with E-state index in [1.165, 1.54) is 0 Å². The van der Waals surface area contributed by atoms with Gasteiger partial charge in [0.25, 0.3) is 0 Å². The lowest BCUT2D eigenvalue weighted by molar-refractivity contribution is 0.292. The van der Waals surface area contributed by atoms with E-state index in [-0.39, 0.29) is 0 Å². The van der Waals surface area contributed by atoms with Crippen LogP contribution in [0.3, 0.4) is 0 Å². The quantitative estimate of drug-likeness (QED) is 0.574. The number of hydrogen-bond acceptors (Lipinski definition) is 2. The molecule has 50 valence electrons. The van der Waals surface area contributed by atoms with Gasteiger partial charge in [0.05, 0.1) is 0 Å². The molecular formula is C6H16N2. The summed E-state index contributed by atoms with van der Waals surface area (Å²) in [6.07, 6.45) is 1.14. The molecule has 0 heterocycles. The van der Waals surface area contributed by atoms with Crippen LogP contribution in [0.1, 0.15) is 13.3 Å². The van der Waals surface area contributed by atoms with Crippen molar-refractivity contribution in [3.8, 4) is 0 Å². The maximum absolute atomic E-state index is 5.44.